The van der Waals surface area contributed by atoms with Gasteiger partial charge in [0.2, 0.25) is 0 Å². The summed E-state index contributed by atoms with van der Waals surface area (Å²) in [5.74, 6) is -0.241. The third-order valence-corrected chi connectivity index (χ3v) is 4.90. The molecule has 1 aromatic rings. The van der Waals surface area contributed by atoms with Gasteiger partial charge in [0, 0.05) is 6.08 Å². The number of ether oxygens (including phenoxy) is 2. The normalized spacial score (nSPS) is 12.4. The Kier molecular flexibility index (Phi) is 15.3. The molecule has 0 amide bonds. The minimum atomic E-state index is -0.241. The molecule has 158 valence electrons. The van der Waals surface area contributed by atoms with Gasteiger partial charge in [0.15, 0.2) is 0 Å². The van der Waals surface area contributed by atoms with E-state index in [0.717, 1.165) is 32.1 Å². The number of unbranched alkanes of at least 4 members (excludes halogenated alkanes) is 7. The van der Waals surface area contributed by atoms with Crippen LogP contribution >= 0.6 is 0 Å². The Bertz CT molecular complexity index is 510. The maximum Gasteiger partial charge on any atom is 0.330 e. The highest BCUT2D eigenvalue weighted by Gasteiger charge is 2.09. The molecule has 0 saturated carbocycles. The number of hydrogen-bond donors (Lipinski definition) is 0. The number of benzene rings is 1. The third-order valence-electron chi connectivity index (χ3n) is 4.90. The van der Waals surface area contributed by atoms with E-state index in [1.165, 1.54) is 44.1 Å². The van der Waals surface area contributed by atoms with E-state index >= 15 is 0 Å². The van der Waals surface area contributed by atoms with E-state index < -0.39 is 0 Å². The number of hydrogen-bond acceptors (Lipinski definition) is 3. The molecule has 0 aromatic heterocycles. The first-order chi connectivity index (χ1) is 13.8. The number of esters is 1. The van der Waals surface area contributed by atoms with Crippen LogP contribution in [0, 0.1) is 0 Å². The van der Waals surface area contributed by atoms with Gasteiger partial charge in [-0.25, -0.2) is 4.79 Å². The van der Waals surface area contributed by atoms with Crippen molar-refractivity contribution in [3.63, 3.8) is 0 Å². The maximum atomic E-state index is 11.3. The number of rotatable bonds is 17. The van der Waals surface area contributed by atoms with Crippen LogP contribution in [0.5, 0.6) is 0 Å². The van der Waals surface area contributed by atoms with Crippen LogP contribution in [0.1, 0.15) is 90.0 Å². The molecule has 0 saturated heterocycles. The molecule has 1 atom stereocenters. The van der Waals surface area contributed by atoms with E-state index in [9.17, 15) is 4.79 Å². The lowest BCUT2D eigenvalue weighted by molar-refractivity contribution is -0.137. The second-order valence-electron chi connectivity index (χ2n) is 7.41. The average Bonchev–Trinajstić information content (AvgIpc) is 2.71. The molecule has 0 aliphatic rings. The molecular formula is C25H40O3. The lowest BCUT2D eigenvalue weighted by Gasteiger charge is -2.18. The summed E-state index contributed by atoms with van der Waals surface area (Å²) in [7, 11) is 0. The van der Waals surface area contributed by atoms with Gasteiger partial charge in [0.05, 0.1) is 19.3 Å². The number of allylic oxidation sites excluding steroid dienone is 1. The molecule has 0 fully saturated rings. The highest BCUT2D eigenvalue weighted by molar-refractivity contribution is 5.81. The van der Waals surface area contributed by atoms with E-state index in [-0.39, 0.29) is 5.97 Å². The fourth-order valence-corrected chi connectivity index (χ4v) is 3.26. The Balaban J connectivity index is 2.28. The third kappa shape index (κ3) is 13.5. The first kappa shape index (κ1) is 24.4. The minimum absolute atomic E-state index is 0.241. The summed E-state index contributed by atoms with van der Waals surface area (Å²) >= 11 is 0. The quantitative estimate of drug-likeness (QED) is 0.164. The first-order valence-corrected chi connectivity index (χ1v) is 11.2. The van der Waals surface area contributed by atoms with Crippen LogP contribution in [0.15, 0.2) is 42.5 Å². The van der Waals surface area contributed by atoms with E-state index in [4.69, 9.17) is 9.47 Å². The minimum Gasteiger partial charge on any atom is -0.463 e. The summed E-state index contributed by atoms with van der Waals surface area (Å²) in [4.78, 5) is 11.3. The molecule has 1 aromatic carbocycles. The van der Waals surface area contributed by atoms with Crippen molar-refractivity contribution in [3.8, 4) is 0 Å². The van der Waals surface area contributed by atoms with E-state index in [2.05, 4.69) is 31.2 Å². The van der Waals surface area contributed by atoms with Crippen LogP contribution in [0.25, 0.3) is 0 Å². The summed E-state index contributed by atoms with van der Waals surface area (Å²) in [5.41, 5.74) is 1.24. The Morgan fingerprint density at radius 3 is 2.32 bits per heavy atom. The first-order valence-electron chi connectivity index (χ1n) is 11.2. The summed E-state index contributed by atoms with van der Waals surface area (Å²) in [6.45, 7) is 5.21. The zero-order valence-electron chi connectivity index (χ0n) is 18.0. The number of carbonyl (C=O) groups is 1. The molecule has 0 aliphatic carbocycles. The maximum absolute atomic E-state index is 11.3. The molecular weight excluding hydrogens is 348 g/mol. The van der Waals surface area contributed by atoms with Crippen LogP contribution in [0.4, 0.5) is 0 Å². The monoisotopic (exact) mass is 388 g/mol. The van der Waals surface area contributed by atoms with Gasteiger partial charge < -0.3 is 9.47 Å². The zero-order valence-corrected chi connectivity index (χ0v) is 18.0. The van der Waals surface area contributed by atoms with Crippen molar-refractivity contribution in [1.82, 2.24) is 0 Å². The second-order valence-corrected chi connectivity index (χ2v) is 7.41. The Hall–Kier alpha value is -1.61. The second kappa shape index (κ2) is 17.5. The van der Waals surface area contributed by atoms with E-state index in [0.29, 0.717) is 19.3 Å². The van der Waals surface area contributed by atoms with Gasteiger partial charge in [-0.3, -0.25) is 0 Å². The Labute approximate surface area is 172 Å². The molecule has 0 aliphatic heterocycles. The molecule has 1 unspecified atom stereocenters. The standard InChI is InChI=1S/C25H40O3/c1-3-5-6-7-8-14-19-24(28-22-23-17-12-11-13-18-23)20-15-9-10-16-21-25(26)27-4-2/h11-13,16-18,21,24H,3-10,14-15,19-20,22H2,1-2H3. The van der Waals surface area contributed by atoms with Crippen molar-refractivity contribution in [3.05, 3.63) is 48.0 Å². The average molecular weight is 389 g/mol. The molecule has 3 nitrogen and oxygen atoms in total. The highest BCUT2D eigenvalue weighted by Crippen LogP contribution is 2.17. The Morgan fingerprint density at radius 1 is 0.929 bits per heavy atom. The van der Waals surface area contributed by atoms with Crippen molar-refractivity contribution < 1.29 is 14.3 Å². The fourth-order valence-electron chi connectivity index (χ4n) is 3.26. The molecule has 0 bridgehead atoms. The van der Waals surface area contributed by atoms with E-state index in [1.807, 2.05) is 19.1 Å². The van der Waals surface area contributed by atoms with Gasteiger partial charge in [0.1, 0.15) is 0 Å². The van der Waals surface area contributed by atoms with Crippen molar-refractivity contribution >= 4 is 5.97 Å². The molecule has 0 radical (unpaired) electrons. The van der Waals surface area contributed by atoms with Gasteiger partial charge in [-0.1, -0.05) is 88.3 Å². The summed E-state index contributed by atoms with van der Waals surface area (Å²) in [5, 5.41) is 0. The van der Waals surface area contributed by atoms with E-state index in [1.54, 1.807) is 6.08 Å². The predicted molar refractivity (Wildman–Crippen MR) is 117 cm³/mol. The lowest BCUT2D eigenvalue weighted by atomic mass is 10.0. The smallest absolute Gasteiger partial charge is 0.330 e. The van der Waals surface area contributed by atoms with Crippen LogP contribution in [-0.2, 0) is 20.9 Å². The zero-order chi connectivity index (χ0) is 20.3. The van der Waals surface area contributed by atoms with Crippen molar-refractivity contribution in [2.45, 2.75) is 97.2 Å². The highest BCUT2D eigenvalue weighted by atomic mass is 16.5. The van der Waals surface area contributed by atoms with Crippen molar-refractivity contribution in [2.24, 2.45) is 0 Å². The SMILES string of the molecule is CCCCCCCCC(CCCCC=CC(=O)OCC)OCc1ccccc1. The summed E-state index contributed by atoms with van der Waals surface area (Å²) in [6, 6.07) is 10.4. The van der Waals surface area contributed by atoms with Crippen LogP contribution in [0.3, 0.4) is 0 Å². The van der Waals surface area contributed by atoms with Gasteiger partial charge in [-0.15, -0.1) is 0 Å². The molecule has 0 spiro atoms. The number of carbonyl (C=O) groups excluding carboxylic acids is 1. The summed E-state index contributed by atoms with van der Waals surface area (Å²) < 4.78 is 11.1. The van der Waals surface area contributed by atoms with Crippen molar-refractivity contribution in [1.29, 1.82) is 0 Å². The van der Waals surface area contributed by atoms with Crippen molar-refractivity contribution in [2.75, 3.05) is 6.61 Å². The molecule has 3 heteroatoms. The van der Waals surface area contributed by atoms with Crippen LogP contribution in [-0.4, -0.2) is 18.7 Å². The topological polar surface area (TPSA) is 35.5 Å². The van der Waals surface area contributed by atoms with Crippen LogP contribution < -0.4 is 0 Å². The van der Waals surface area contributed by atoms with Gasteiger partial charge in [-0.05, 0) is 38.2 Å². The van der Waals surface area contributed by atoms with Gasteiger partial charge in [-0.2, -0.15) is 0 Å². The molecule has 0 heterocycles. The predicted octanol–water partition coefficient (Wildman–Crippen LogP) is 7.00. The molecule has 28 heavy (non-hydrogen) atoms. The summed E-state index contributed by atoms with van der Waals surface area (Å²) in [6.07, 6.45) is 17.1. The van der Waals surface area contributed by atoms with Crippen LogP contribution in [0.2, 0.25) is 0 Å². The largest absolute Gasteiger partial charge is 0.463 e. The lowest BCUT2D eigenvalue weighted by Crippen LogP contribution is -2.13. The van der Waals surface area contributed by atoms with Gasteiger partial charge >= 0.3 is 5.97 Å². The van der Waals surface area contributed by atoms with Gasteiger partial charge in [0.25, 0.3) is 0 Å². The fraction of sp³-hybridized carbons (Fsp3) is 0.640. The Morgan fingerprint density at radius 2 is 1.61 bits per heavy atom. The molecule has 1 rings (SSSR count). The molecule has 0 N–H and O–H groups in total.